The largest absolute Gasteiger partial charge is 0.507 e. The lowest BCUT2D eigenvalue weighted by Gasteiger charge is -2.22. The van der Waals surface area contributed by atoms with Gasteiger partial charge in [-0.25, -0.2) is 0 Å². The molecule has 1 fully saturated rings. The van der Waals surface area contributed by atoms with E-state index in [-0.39, 0.29) is 24.4 Å². The van der Waals surface area contributed by atoms with E-state index in [4.69, 9.17) is 4.74 Å². The van der Waals surface area contributed by atoms with Crippen molar-refractivity contribution in [1.82, 2.24) is 5.32 Å². The molecule has 0 spiro atoms. The van der Waals surface area contributed by atoms with Gasteiger partial charge in [0.2, 0.25) is 5.91 Å². The minimum absolute atomic E-state index is 0.0543. The Morgan fingerprint density at radius 3 is 2.80 bits per heavy atom. The van der Waals surface area contributed by atoms with E-state index >= 15 is 0 Å². The second-order valence-electron chi connectivity index (χ2n) is 5.21. The fourth-order valence-electron chi connectivity index (χ4n) is 2.31. The van der Waals surface area contributed by atoms with Crippen molar-refractivity contribution in [3.8, 4) is 5.75 Å². The molecular weight excluding hydrogens is 256 g/mol. The van der Waals surface area contributed by atoms with Gasteiger partial charge >= 0.3 is 0 Å². The first kappa shape index (κ1) is 14.8. The molecule has 1 aromatic rings. The predicted molar refractivity (Wildman–Crippen MR) is 78.1 cm³/mol. The molecule has 5 nitrogen and oxygen atoms in total. The third-order valence-electron chi connectivity index (χ3n) is 3.64. The number of amides is 1. The number of carbonyl (C=O) groups is 1. The van der Waals surface area contributed by atoms with E-state index < -0.39 is 0 Å². The van der Waals surface area contributed by atoms with Crippen LogP contribution in [0, 0.1) is 13.8 Å². The summed E-state index contributed by atoms with van der Waals surface area (Å²) in [6, 6.07) is 3.58. The van der Waals surface area contributed by atoms with Crippen LogP contribution in [0.5, 0.6) is 5.75 Å². The molecule has 1 saturated heterocycles. The zero-order chi connectivity index (χ0) is 14.5. The lowest BCUT2D eigenvalue weighted by molar-refractivity contribution is -0.123. The number of ether oxygens (including phenoxy) is 1. The van der Waals surface area contributed by atoms with Crippen molar-refractivity contribution < 1.29 is 14.6 Å². The molecule has 0 radical (unpaired) electrons. The van der Waals surface area contributed by atoms with Gasteiger partial charge in [-0.2, -0.15) is 0 Å². The number of piperidine rings is 1. The van der Waals surface area contributed by atoms with E-state index in [0.29, 0.717) is 11.3 Å². The topological polar surface area (TPSA) is 70.6 Å². The number of phenols is 1. The molecule has 1 aliphatic heterocycles. The Labute approximate surface area is 119 Å². The standard InChI is InChI=1S/C15H22N2O3/c1-10-3-4-13(11(2)15(10)19)17-14(18)9-20-12-5-7-16-8-6-12/h3-4,12,16,19H,5-9H2,1-2H3,(H,17,18). The van der Waals surface area contributed by atoms with Gasteiger partial charge in [0.1, 0.15) is 12.4 Å². The Morgan fingerprint density at radius 2 is 2.10 bits per heavy atom. The van der Waals surface area contributed by atoms with Crippen LogP contribution in [0.15, 0.2) is 12.1 Å². The van der Waals surface area contributed by atoms with Crippen molar-refractivity contribution in [2.45, 2.75) is 32.8 Å². The van der Waals surface area contributed by atoms with Crippen LogP contribution < -0.4 is 10.6 Å². The van der Waals surface area contributed by atoms with Crippen LogP contribution in [0.3, 0.4) is 0 Å². The normalized spacial score (nSPS) is 16.1. The number of aromatic hydroxyl groups is 1. The molecule has 1 amide bonds. The van der Waals surface area contributed by atoms with Gasteiger partial charge < -0.3 is 20.5 Å². The number of hydrogen-bond donors (Lipinski definition) is 3. The van der Waals surface area contributed by atoms with E-state index in [1.54, 1.807) is 19.1 Å². The van der Waals surface area contributed by atoms with Crippen molar-refractivity contribution in [2.75, 3.05) is 25.0 Å². The summed E-state index contributed by atoms with van der Waals surface area (Å²) in [6.07, 6.45) is 2.05. The molecule has 0 aliphatic carbocycles. The lowest BCUT2D eigenvalue weighted by atomic mass is 10.1. The van der Waals surface area contributed by atoms with E-state index in [1.807, 2.05) is 6.92 Å². The Kier molecular flexibility index (Phi) is 4.98. The fraction of sp³-hybridized carbons (Fsp3) is 0.533. The van der Waals surface area contributed by atoms with Crippen LogP contribution in [-0.2, 0) is 9.53 Å². The Morgan fingerprint density at radius 1 is 1.40 bits per heavy atom. The number of aryl methyl sites for hydroxylation is 1. The van der Waals surface area contributed by atoms with E-state index in [1.165, 1.54) is 0 Å². The highest BCUT2D eigenvalue weighted by atomic mass is 16.5. The minimum atomic E-state index is -0.185. The monoisotopic (exact) mass is 278 g/mol. The molecular formula is C15H22N2O3. The molecule has 20 heavy (non-hydrogen) atoms. The van der Waals surface area contributed by atoms with Crippen LogP contribution in [0.4, 0.5) is 5.69 Å². The molecule has 0 saturated carbocycles. The second-order valence-corrected chi connectivity index (χ2v) is 5.21. The molecule has 1 heterocycles. The maximum atomic E-state index is 11.9. The number of benzene rings is 1. The van der Waals surface area contributed by atoms with Crippen molar-refractivity contribution in [2.24, 2.45) is 0 Å². The van der Waals surface area contributed by atoms with Crippen LogP contribution in [-0.4, -0.2) is 36.8 Å². The van der Waals surface area contributed by atoms with Crippen molar-refractivity contribution in [1.29, 1.82) is 0 Å². The Balaban J connectivity index is 1.86. The first-order valence-electron chi connectivity index (χ1n) is 6.99. The van der Waals surface area contributed by atoms with Gasteiger partial charge in [0.25, 0.3) is 0 Å². The molecule has 1 aromatic carbocycles. The summed E-state index contributed by atoms with van der Waals surface area (Å²) in [6.45, 7) is 5.55. The van der Waals surface area contributed by atoms with Crippen molar-refractivity contribution >= 4 is 11.6 Å². The highest BCUT2D eigenvalue weighted by molar-refractivity contribution is 5.92. The van der Waals surface area contributed by atoms with Gasteiger partial charge in [-0.3, -0.25) is 4.79 Å². The minimum Gasteiger partial charge on any atom is -0.507 e. The molecule has 0 atom stereocenters. The zero-order valence-corrected chi connectivity index (χ0v) is 12.0. The number of rotatable bonds is 4. The summed E-state index contributed by atoms with van der Waals surface area (Å²) >= 11 is 0. The number of anilines is 1. The predicted octanol–water partition coefficient (Wildman–Crippen LogP) is 1.72. The van der Waals surface area contributed by atoms with Crippen LogP contribution in [0.2, 0.25) is 0 Å². The summed E-state index contributed by atoms with van der Waals surface area (Å²) in [5, 5.41) is 15.9. The smallest absolute Gasteiger partial charge is 0.250 e. The maximum absolute atomic E-state index is 11.9. The highest BCUT2D eigenvalue weighted by Gasteiger charge is 2.15. The summed E-state index contributed by atoms with van der Waals surface area (Å²) in [4.78, 5) is 11.9. The molecule has 1 aliphatic rings. The van der Waals surface area contributed by atoms with Crippen molar-refractivity contribution in [3.05, 3.63) is 23.3 Å². The molecule has 0 unspecified atom stereocenters. The molecule has 0 aromatic heterocycles. The number of hydrogen-bond acceptors (Lipinski definition) is 4. The summed E-state index contributed by atoms with van der Waals surface area (Å²) in [7, 11) is 0. The van der Waals surface area contributed by atoms with Gasteiger partial charge in [0.05, 0.1) is 6.10 Å². The number of carbonyl (C=O) groups excluding carboxylic acids is 1. The van der Waals surface area contributed by atoms with E-state index in [9.17, 15) is 9.90 Å². The molecule has 5 heteroatoms. The fourth-order valence-corrected chi connectivity index (χ4v) is 2.31. The number of nitrogens with one attached hydrogen (secondary N) is 2. The Bertz CT molecular complexity index is 482. The SMILES string of the molecule is Cc1ccc(NC(=O)COC2CCNCC2)c(C)c1O. The summed E-state index contributed by atoms with van der Waals surface area (Å²) in [5.74, 6) is 0.0389. The quantitative estimate of drug-likeness (QED) is 0.784. The third kappa shape index (κ3) is 3.71. The zero-order valence-electron chi connectivity index (χ0n) is 12.0. The highest BCUT2D eigenvalue weighted by Crippen LogP contribution is 2.27. The van der Waals surface area contributed by atoms with Gasteiger partial charge in [0, 0.05) is 11.3 Å². The molecule has 110 valence electrons. The van der Waals surface area contributed by atoms with Gasteiger partial charge in [-0.05, 0) is 51.4 Å². The van der Waals surface area contributed by atoms with Crippen LogP contribution in [0.25, 0.3) is 0 Å². The van der Waals surface area contributed by atoms with Crippen LogP contribution in [0.1, 0.15) is 24.0 Å². The first-order valence-corrected chi connectivity index (χ1v) is 6.99. The van der Waals surface area contributed by atoms with E-state index in [2.05, 4.69) is 10.6 Å². The first-order chi connectivity index (χ1) is 9.58. The lowest BCUT2D eigenvalue weighted by Crippen LogP contribution is -2.34. The van der Waals surface area contributed by atoms with E-state index in [0.717, 1.165) is 31.5 Å². The van der Waals surface area contributed by atoms with Crippen LogP contribution >= 0.6 is 0 Å². The molecule has 0 bridgehead atoms. The average Bonchev–Trinajstić information content (AvgIpc) is 2.47. The second kappa shape index (κ2) is 6.72. The Hall–Kier alpha value is -1.59. The average molecular weight is 278 g/mol. The molecule has 3 N–H and O–H groups in total. The summed E-state index contributed by atoms with van der Waals surface area (Å²) < 4.78 is 5.60. The van der Waals surface area contributed by atoms with Gasteiger partial charge in [-0.1, -0.05) is 6.07 Å². The third-order valence-corrected chi connectivity index (χ3v) is 3.64. The van der Waals surface area contributed by atoms with Crippen molar-refractivity contribution in [3.63, 3.8) is 0 Å². The van der Waals surface area contributed by atoms with Gasteiger partial charge in [0.15, 0.2) is 0 Å². The molecule has 2 rings (SSSR count). The number of phenolic OH excluding ortho intramolecular Hbond substituents is 1. The van der Waals surface area contributed by atoms with Gasteiger partial charge in [-0.15, -0.1) is 0 Å². The summed E-state index contributed by atoms with van der Waals surface area (Å²) in [5.41, 5.74) is 2.11. The maximum Gasteiger partial charge on any atom is 0.250 e.